The Morgan fingerprint density at radius 1 is 1.12 bits per heavy atom. The fourth-order valence-electron chi connectivity index (χ4n) is 2.78. The number of esters is 1. The molecule has 0 saturated heterocycles. The van der Waals surface area contributed by atoms with Crippen molar-refractivity contribution in [3.8, 4) is 0 Å². The first-order valence-corrected chi connectivity index (χ1v) is 7.89. The predicted molar refractivity (Wildman–Crippen MR) is 86.1 cm³/mol. The molecule has 0 spiro atoms. The van der Waals surface area contributed by atoms with Gasteiger partial charge in [0.05, 0.1) is 17.9 Å². The molecule has 0 amide bonds. The third-order valence-electron chi connectivity index (χ3n) is 4.01. The van der Waals surface area contributed by atoms with Crippen molar-refractivity contribution >= 4 is 24.0 Å². The zero-order valence-electron chi connectivity index (χ0n) is 13.2. The lowest BCUT2D eigenvalue weighted by atomic mass is 9.93. The van der Waals surface area contributed by atoms with Gasteiger partial charge in [-0.25, -0.2) is 4.79 Å². The standard InChI is InChI=1S/C18H20O6/c19-16(24-13-8-4-5-9-13)11-15(18(22)23)14(17(20)21)10-12-6-2-1-3-7-12/h1-3,6-7,10,13,15H,4-5,8-9,11H2,(H,20,21)(H,22,23). The summed E-state index contributed by atoms with van der Waals surface area (Å²) in [5.74, 6) is -4.84. The van der Waals surface area contributed by atoms with E-state index >= 15 is 0 Å². The van der Waals surface area contributed by atoms with Crippen LogP contribution in [0, 0.1) is 5.92 Å². The second-order valence-corrected chi connectivity index (χ2v) is 5.81. The Kier molecular flexibility index (Phi) is 6.12. The summed E-state index contributed by atoms with van der Waals surface area (Å²) in [6.45, 7) is 0. The van der Waals surface area contributed by atoms with Crippen molar-refractivity contribution in [2.45, 2.75) is 38.2 Å². The summed E-state index contributed by atoms with van der Waals surface area (Å²) >= 11 is 0. The van der Waals surface area contributed by atoms with Gasteiger partial charge in [-0.1, -0.05) is 30.3 Å². The van der Waals surface area contributed by atoms with Gasteiger partial charge in [0.15, 0.2) is 0 Å². The van der Waals surface area contributed by atoms with E-state index in [4.69, 9.17) is 4.74 Å². The van der Waals surface area contributed by atoms with Gasteiger partial charge in [0.1, 0.15) is 6.10 Å². The molecule has 1 saturated carbocycles. The normalized spacial score (nSPS) is 16.6. The molecule has 1 aliphatic carbocycles. The number of carbonyl (C=O) groups is 3. The topological polar surface area (TPSA) is 101 Å². The van der Waals surface area contributed by atoms with Crippen LogP contribution in [0.2, 0.25) is 0 Å². The maximum Gasteiger partial charge on any atom is 0.332 e. The van der Waals surface area contributed by atoms with Crippen LogP contribution in [0.25, 0.3) is 6.08 Å². The molecule has 2 N–H and O–H groups in total. The highest BCUT2D eigenvalue weighted by Crippen LogP contribution is 2.24. The van der Waals surface area contributed by atoms with E-state index in [0.29, 0.717) is 5.56 Å². The molecule has 1 aromatic carbocycles. The highest BCUT2D eigenvalue weighted by atomic mass is 16.5. The number of carbonyl (C=O) groups excluding carboxylic acids is 1. The number of carboxylic acids is 2. The van der Waals surface area contributed by atoms with Crippen LogP contribution in [0.3, 0.4) is 0 Å². The van der Waals surface area contributed by atoms with E-state index in [1.54, 1.807) is 30.3 Å². The summed E-state index contributed by atoms with van der Waals surface area (Å²) in [4.78, 5) is 35.0. The fourth-order valence-corrected chi connectivity index (χ4v) is 2.78. The molecule has 128 valence electrons. The van der Waals surface area contributed by atoms with Crippen LogP contribution in [0.5, 0.6) is 0 Å². The van der Waals surface area contributed by atoms with Gasteiger partial charge in [-0.3, -0.25) is 9.59 Å². The van der Waals surface area contributed by atoms with Gasteiger partial charge in [-0.2, -0.15) is 0 Å². The zero-order chi connectivity index (χ0) is 17.5. The number of carboxylic acid groups (broad SMARTS) is 2. The Balaban J connectivity index is 2.16. The number of aliphatic carboxylic acids is 2. The molecule has 1 atom stereocenters. The Morgan fingerprint density at radius 3 is 2.29 bits per heavy atom. The summed E-state index contributed by atoms with van der Waals surface area (Å²) in [6, 6.07) is 8.54. The minimum atomic E-state index is -1.45. The zero-order valence-corrected chi connectivity index (χ0v) is 13.2. The third kappa shape index (κ3) is 4.94. The number of benzene rings is 1. The van der Waals surface area contributed by atoms with E-state index < -0.39 is 30.2 Å². The molecule has 0 heterocycles. The molecular weight excluding hydrogens is 312 g/mol. The van der Waals surface area contributed by atoms with E-state index in [0.717, 1.165) is 25.7 Å². The number of hydrogen-bond acceptors (Lipinski definition) is 4. The molecule has 1 aromatic rings. The highest BCUT2D eigenvalue weighted by Gasteiger charge is 2.31. The van der Waals surface area contributed by atoms with E-state index in [1.807, 2.05) is 0 Å². The van der Waals surface area contributed by atoms with Crippen molar-refractivity contribution in [1.82, 2.24) is 0 Å². The average Bonchev–Trinajstić information content (AvgIpc) is 3.04. The van der Waals surface area contributed by atoms with Gasteiger partial charge < -0.3 is 14.9 Å². The second kappa shape index (κ2) is 8.29. The molecule has 6 nitrogen and oxygen atoms in total. The number of ether oxygens (including phenoxy) is 1. The number of hydrogen-bond donors (Lipinski definition) is 2. The summed E-state index contributed by atoms with van der Waals surface area (Å²) in [7, 11) is 0. The molecule has 0 radical (unpaired) electrons. The Labute approximate surface area is 139 Å². The van der Waals surface area contributed by atoms with Crippen molar-refractivity contribution in [2.75, 3.05) is 0 Å². The molecule has 6 heteroatoms. The molecule has 1 fully saturated rings. The van der Waals surface area contributed by atoms with E-state index in [1.165, 1.54) is 6.08 Å². The quantitative estimate of drug-likeness (QED) is 0.588. The van der Waals surface area contributed by atoms with Crippen molar-refractivity contribution in [3.05, 3.63) is 41.5 Å². The minimum Gasteiger partial charge on any atom is -0.481 e. The van der Waals surface area contributed by atoms with Gasteiger partial charge in [0.2, 0.25) is 0 Å². The van der Waals surface area contributed by atoms with Gasteiger partial charge >= 0.3 is 17.9 Å². The molecule has 1 unspecified atom stereocenters. The maximum atomic E-state index is 12.0. The first-order valence-electron chi connectivity index (χ1n) is 7.89. The van der Waals surface area contributed by atoms with Crippen LogP contribution in [0.15, 0.2) is 35.9 Å². The van der Waals surface area contributed by atoms with Gasteiger partial charge in [0.25, 0.3) is 0 Å². The maximum absolute atomic E-state index is 12.0. The SMILES string of the molecule is O=C(CC(C(=O)O)C(=Cc1ccccc1)C(=O)O)OC1CCCC1. The highest BCUT2D eigenvalue weighted by molar-refractivity contribution is 5.99. The monoisotopic (exact) mass is 332 g/mol. The molecular formula is C18H20O6. The summed E-state index contributed by atoms with van der Waals surface area (Å²) in [5.41, 5.74) is 0.224. The van der Waals surface area contributed by atoms with E-state index in [9.17, 15) is 24.6 Å². The molecule has 24 heavy (non-hydrogen) atoms. The summed E-state index contributed by atoms with van der Waals surface area (Å²) < 4.78 is 5.25. The average molecular weight is 332 g/mol. The molecule has 0 bridgehead atoms. The lowest BCUT2D eigenvalue weighted by molar-refractivity contribution is -0.154. The molecule has 1 aliphatic rings. The number of rotatable bonds is 7. The first kappa shape index (κ1) is 17.7. The molecule has 2 rings (SSSR count). The van der Waals surface area contributed by atoms with Crippen LogP contribution in [-0.4, -0.2) is 34.2 Å². The lowest BCUT2D eigenvalue weighted by Gasteiger charge is -2.16. The predicted octanol–water partition coefficient (Wildman–Crippen LogP) is 2.73. The molecule has 0 aromatic heterocycles. The van der Waals surface area contributed by atoms with E-state index in [2.05, 4.69) is 0 Å². The second-order valence-electron chi connectivity index (χ2n) is 5.81. The smallest absolute Gasteiger partial charge is 0.332 e. The van der Waals surface area contributed by atoms with Crippen molar-refractivity contribution in [2.24, 2.45) is 5.92 Å². The van der Waals surface area contributed by atoms with E-state index in [-0.39, 0.29) is 11.7 Å². The fraction of sp³-hybridized carbons (Fsp3) is 0.389. The van der Waals surface area contributed by atoms with Crippen LogP contribution in [0.4, 0.5) is 0 Å². The van der Waals surface area contributed by atoms with Crippen LogP contribution in [-0.2, 0) is 19.1 Å². The largest absolute Gasteiger partial charge is 0.481 e. The van der Waals surface area contributed by atoms with Crippen LogP contribution < -0.4 is 0 Å². The third-order valence-corrected chi connectivity index (χ3v) is 4.01. The first-order chi connectivity index (χ1) is 11.5. The van der Waals surface area contributed by atoms with Crippen LogP contribution >= 0.6 is 0 Å². The van der Waals surface area contributed by atoms with Crippen molar-refractivity contribution in [1.29, 1.82) is 0 Å². The van der Waals surface area contributed by atoms with Gasteiger partial charge in [-0.15, -0.1) is 0 Å². The Hall–Kier alpha value is -2.63. The van der Waals surface area contributed by atoms with Crippen LogP contribution in [0.1, 0.15) is 37.7 Å². The Bertz CT molecular complexity index is 628. The van der Waals surface area contributed by atoms with Crippen molar-refractivity contribution in [3.63, 3.8) is 0 Å². The summed E-state index contributed by atoms with van der Waals surface area (Å²) in [5, 5.41) is 18.7. The van der Waals surface area contributed by atoms with Gasteiger partial charge in [-0.05, 0) is 37.3 Å². The Morgan fingerprint density at radius 2 is 1.75 bits per heavy atom. The minimum absolute atomic E-state index is 0.182. The van der Waals surface area contributed by atoms with Crippen molar-refractivity contribution < 1.29 is 29.3 Å². The van der Waals surface area contributed by atoms with Gasteiger partial charge in [0, 0.05) is 0 Å². The summed E-state index contributed by atoms with van der Waals surface area (Å²) in [6.07, 6.45) is 4.12. The molecule has 0 aliphatic heterocycles. The lowest BCUT2D eigenvalue weighted by Crippen LogP contribution is -2.26.